The van der Waals surface area contributed by atoms with E-state index in [0.717, 1.165) is 36.3 Å². The second-order valence-corrected chi connectivity index (χ2v) is 5.36. The van der Waals surface area contributed by atoms with Crippen molar-refractivity contribution in [1.82, 2.24) is 9.97 Å². The largest absolute Gasteiger partial charge is 0.490 e. The van der Waals surface area contributed by atoms with Crippen molar-refractivity contribution in [1.29, 1.82) is 0 Å². The van der Waals surface area contributed by atoms with Crippen molar-refractivity contribution in [3.8, 4) is 17.0 Å². The molecule has 1 aromatic heterocycles. The van der Waals surface area contributed by atoms with Gasteiger partial charge in [0, 0.05) is 23.6 Å². The first-order valence-corrected chi connectivity index (χ1v) is 6.93. The predicted octanol–water partition coefficient (Wildman–Crippen LogP) is 3.68. The standard InChI is InChI=1S/C15H15ClN2O/c16-11-5-6-12(9-11)19-15-4-2-1-3-13(15)14-7-8-17-10-18-14/h1-4,7-8,10-12H,5-6,9H2. The Morgan fingerprint density at radius 2 is 2.05 bits per heavy atom. The van der Waals surface area contributed by atoms with Crippen molar-refractivity contribution in [2.24, 2.45) is 0 Å². The average Bonchev–Trinajstić information content (AvgIpc) is 2.86. The monoisotopic (exact) mass is 274 g/mol. The number of hydrogen-bond donors (Lipinski definition) is 0. The lowest BCUT2D eigenvalue weighted by atomic mass is 10.1. The van der Waals surface area contributed by atoms with Crippen molar-refractivity contribution in [2.45, 2.75) is 30.7 Å². The van der Waals surface area contributed by atoms with Gasteiger partial charge < -0.3 is 4.74 Å². The summed E-state index contributed by atoms with van der Waals surface area (Å²) >= 11 is 6.13. The minimum Gasteiger partial charge on any atom is -0.490 e. The lowest BCUT2D eigenvalue weighted by Gasteiger charge is -2.16. The molecule has 0 radical (unpaired) electrons. The summed E-state index contributed by atoms with van der Waals surface area (Å²) in [6, 6.07) is 9.86. The molecular formula is C15H15ClN2O. The lowest BCUT2D eigenvalue weighted by Crippen LogP contribution is -2.12. The van der Waals surface area contributed by atoms with Crippen LogP contribution in [0.15, 0.2) is 42.9 Å². The van der Waals surface area contributed by atoms with Crippen LogP contribution in [0.2, 0.25) is 0 Å². The Hall–Kier alpha value is -1.61. The van der Waals surface area contributed by atoms with Gasteiger partial charge in [0.2, 0.25) is 0 Å². The number of halogens is 1. The molecule has 3 rings (SSSR count). The van der Waals surface area contributed by atoms with Crippen LogP contribution in [-0.2, 0) is 0 Å². The highest BCUT2D eigenvalue weighted by molar-refractivity contribution is 6.20. The van der Waals surface area contributed by atoms with Crippen molar-refractivity contribution >= 4 is 11.6 Å². The third-order valence-corrected chi connectivity index (χ3v) is 3.76. The second-order valence-electron chi connectivity index (χ2n) is 4.74. The normalized spacial score (nSPS) is 22.4. The van der Waals surface area contributed by atoms with Gasteiger partial charge in [-0.3, -0.25) is 0 Å². The molecule has 1 saturated carbocycles. The van der Waals surface area contributed by atoms with Gasteiger partial charge >= 0.3 is 0 Å². The highest BCUT2D eigenvalue weighted by Crippen LogP contribution is 2.33. The zero-order chi connectivity index (χ0) is 13.1. The maximum Gasteiger partial charge on any atom is 0.129 e. The Kier molecular flexibility index (Phi) is 3.65. The van der Waals surface area contributed by atoms with E-state index in [-0.39, 0.29) is 11.5 Å². The summed E-state index contributed by atoms with van der Waals surface area (Å²) in [4.78, 5) is 8.23. The summed E-state index contributed by atoms with van der Waals surface area (Å²) in [5.74, 6) is 0.872. The van der Waals surface area contributed by atoms with Crippen LogP contribution in [-0.4, -0.2) is 21.4 Å². The van der Waals surface area contributed by atoms with Crippen LogP contribution in [0.4, 0.5) is 0 Å². The van der Waals surface area contributed by atoms with E-state index in [4.69, 9.17) is 16.3 Å². The van der Waals surface area contributed by atoms with Gasteiger partial charge in [0.1, 0.15) is 18.2 Å². The highest BCUT2D eigenvalue weighted by Gasteiger charge is 2.25. The first-order chi connectivity index (χ1) is 9.33. The maximum atomic E-state index is 6.13. The third kappa shape index (κ3) is 2.87. The Bertz CT molecular complexity index is 547. The van der Waals surface area contributed by atoms with E-state index in [2.05, 4.69) is 9.97 Å². The Balaban J connectivity index is 1.86. The lowest BCUT2D eigenvalue weighted by molar-refractivity contribution is 0.211. The summed E-state index contributed by atoms with van der Waals surface area (Å²) in [6.07, 6.45) is 6.47. The fraction of sp³-hybridized carbons (Fsp3) is 0.333. The summed E-state index contributed by atoms with van der Waals surface area (Å²) in [5.41, 5.74) is 1.88. The smallest absolute Gasteiger partial charge is 0.129 e. The fourth-order valence-electron chi connectivity index (χ4n) is 2.41. The van der Waals surface area contributed by atoms with Crippen LogP contribution in [0.1, 0.15) is 19.3 Å². The van der Waals surface area contributed by atoms with Gasteiger partial charge in [0.15, 0.2) is 0 Å². The van der Waals surface area contributed by atoms with Gasteiger partial charge in [-0.1, -0.05) is 12.1 Å². The Morgan fingerprint density at radius 3 is 2.79 bits per heavy atom. The average molecular weight is 275 g/mol. The number of para-hydroxylation sites is 1. The molecule has 1 aromatic carbocycles. The van der Waals surface area contributed by atoms with E-state index >= 15 is 0 Å². The minimum atomic E-state index is 0.213. The molecule has 1 aliphatic rings. The Labute approximate surface area is 117 Å². The van der Waals surface area contributed by atoms with Crippen LogP contribution in [0.3, 0.4) is 0 Å². The number of rotatable bonds is 3. The predicted molar refractivity (Wildman–Crippen MR) is 75.4 cm³/mol. The molecule has 2 unspecified atom stereocenters. The SMILES string of the molecule is ClC1CCC(Oc2ccccc2-c2ccncn2)C1. The summed E-state index contributed by atoms with van der Waals surface area (Å²) in [6.45, 7) is 0. The zero-order valence-corrected chi connectivity index (χ0v) is 11.3. The van der Waals surface area contributed by atoms with Gasteiger partial charge in [-0.2, -0.15) is 0 Å². The first-order valence-electron chi connectivity index (χ1n) is 6.49. The third-order valence-electron chi connectivity index (χ3n) is 3.36. The topological polar surface area (TPSA) is 35.0 Å². The molecule has 98 valence electrons. The van der Waals surface area contributed by atoms with Crippen LogP contribution in [0.5, 0.6) is 5.75 Å². The molecule has 0 amide bonds. The number of ether oxygens (including phenoxy) is 1. The van der Waals surface area contributed by atoms with E-state index in [1.54, 1.807) is 12.5 Å². The summed E-state index contributed by atoms with van der Waals surface area (Å²) < 4.78 is 6.09. The van der Waals surface area contributed by atoms with Crippen LogP contribution in [0.25, 0.3) is 11.3 Å². The van der Waals surface area contributed by atoms with Gasteiger partial charge in [-0.25, -0.2) is 9.97 Å². The number of benzene rings is 1. The molecule has 0 saturated heterocycles. The van der Waals surface area contributed by atoms with Gasteiger partial charge in [0.25, 0.3) is 0 Å². The molecule has 2 aromatic rings. The molecule has 0 N–H and O–H groups in total. The van der Waals surface area contributed by atoms with Gasteiger partial charge in [-0.05, 0) is 31.0 Å². The molecule has 1 aliphatic carbocycles. The van der Waals surface area contributed by atoms with E-state index < -0.39 is 0 Å². The van der Waals surface area contributed by atoms with E-state index in [9.17, 15) is 0 Å². The van der Waals surface area contributed by atoms with E-state index in [1.165, 1.54) is 0 Å². The molecule has 1 fully saturated rings. The Morgan fingerprint density at radius 1 is 1.16 bits per heavy atom. The zero-order valence-electron chi connectivity index (χ0n) is 10.5. The summed E-state index contributed by atoms with van der Waals surface area (Å²) in [5, 5.41) is 0.246. The van der Waals surface area contributed by atoms with Crippen molar-refractivity contribution in [3.63, 3.8) is 0 Å². The molecule has 0 aliphatic heterocycles. The molecule has 3 nitrogen and oxygen atoms in total. The molecule has 4 heteroatoms. The number of aromatic nitrogens is 2. The van der Waals surface area contributed by atoms with Gasteiger partial charge in [-0.15, -0.1) is 11.6 Å². The van der Waals surface area contributed by atoms with Crippen LogP contribution >= 0.6 is 11.6 Å². The molecule has 1 heterocycles. The number of nitrogens with zero attached hydrogens (tertiary/aromatic N) is 2. The van der Waals surface area contributed by atoms with Gasteiger partial charge in [0.05, 0.1) is 5.69 Å². The van der Waals surface area contributed by atoms with Crippen LogP contribution in [0, 0.1) is 0 Å². The molecule has 19 heavy (non-hydrogen) atoms. The van der Waals surface area contributed by atoms with Crippen LogP contribution < -0.4 is 4.74 Å². The molecule has 0 bridgehead atoms. The van der Waals surface area contributed by atoms with Crippen molar-refractivity contribution < 1.29 is 4.74 Å². The maximum absolute atomic E-state index is 6.13. The van der Waals surface area contributed by atoms with Crippen molar-refractivity contribution in [3.05, 3.63) is 42.9 Å². The fourth-order valence-corrected chi connectivity index (χ4v) is 2.73. The minimum absolute atomic E-state index is 0.213. The summed E-state index contributed by atoms with van der Waals surface area (Å²) in [7, 11) is 0. The number of alkyl halides is 1. The van der Waals surface area contributed by atoms with E-state index in [1.807, 2.05) is 30.3 Å². The first kappa shape index (κ1) is 12.4. The number of hydrogen-bond acceptors (Lipinski definition) is 3. The van der Waals surface area contributed by atoms with E-state index in [0.29, 0.717) is 0 Å². The highest BCUT2D eigenvalue weighted by atomic mass is 35.5. The quantitative estimate of drug-likeness (QED) is 0.801. The molecular weight excluding hydrogens is 260 g/mol. The molecule has 0 spiro atoms. The second kappa shape index (κ2) is 5.57. The van der Waals surface area contributed by atoms with Crippen molar-refractivity contribution in [2.75, 3.05) is 0 Å². The molecule has 2 atom stereocenters.